The van der Waals surface area contributed by atoms with E-state index in [1.807, 2.05) is 27.7 Å². The van der Waals surface area contributed by atoms with Crippen LogP contribution < -0.4 is 16.0 Å². The number of rotatable bonds is 0. The molecule has 2 saturated heterocycles. The van der Waals surface area contributed by atoms with Crippen LogP contribution in [0.5, 0.6) is 0 Å². The monoisotopic (exact) mass is 278 g/mol. The van der Waals surface area contributed by atoms with Crippen LogP contribution in [0.1, 0.15) is 27.7 Å². The molecule has 19 heavy (non-hydrogen) atoms. The normalized spacial score (nSPS) is 17.8. The van der Waals surface area contributed by atoms with Crippen LogP contribution in [0.4, 0.5) is 0 Å². The second kappa shape index (κ2) is 26.4. The van der Waals surface area contributed by atoms with E-state index in [1.165, 1.54) is 13.1 Å². The van der Waals surface area contributed by atoms with Gasteiger partial charge >= 0.3 is 0 Å². The van der Waals surface area contributed by atoms with Crippen LogP contribution in [0.25, 0.3) is 0 Å². The van der Waals surface area contributed by atoms with Gasteiger partial charge in [0.05, 0.1) is 0 Å². The van der Waals surface area contributed by atoms with Gasteiger partial charge in [-0.3, -0.25) is 0 Å². The maximum absolute atomic E-state index is 7.00. The molecule has 0 unspecified atom stereocenters. The largest absolute Gasteiger partial charge is 0.400 e. The maximum Gasteiger partial charge on any atom is 0.0319 e. The van der Waals surface area contributed by atoms with Crippen LogP contribution in [-0.2, 0) is 0 Å². The molecule has 0 aliphatic carbocycles. The fourth-order valence-corrected chi connectivity index (χ4v) is 1.38. The first-order valence-electron chi connectivity index (χ1n) is 7.65. The van der Waals surface area contributed by atoms with Crippen molar-refractivity contribution < 1.29 is 5.11 Å². The first-order chi connectivity index (χ1) is 9.39. The summed E-state index contributed by atoms with van der Waals surface area (Å²) in [5.74, 6) is 0. The van der Waals surface area contributed by atoms with Crippen molar-refractivity contribution in [1.29, 1.82) is 0 Å². The van der Waals surface area contributed by atoms with Gasteiger partial charge < -0.3 is 26.0 Å². The summed E-state index contributed by atoms with van der Waals surface area (Å²) in [6.45, 7) is 17.3. The van der Waals surface area contributed by atoms with E-state index >= 15 is 0 Å². The number of likely N-dealkylation sites (N-methyl/N-ethyl adjacent to an activating group) is 1. The molecule has 2 aliphatic heterocycles. The van der Waals surface area contributed by atoms with Crippen LogP contribution >= 0.6 is 0 Å². The highest BCUT2D eigenvalue weighted by atomic mass is 16.2. The second-order valence-corrected chi connectivity index (χ2v) is 3.55. The van der Waals surface area contributed by atoms with Crippen molar-refractivity contribution in [3.63, 3.8) is 0 Å². The molecule has 4 N–H and O–H groups in total. The third-order valence-electron chi connectivity index (χ3n) is 2.30. The molecule has 2 fully saturated rings. The zero-order valence-electron chi connectivity index (χ0n) is 14.1. The summed E-state index contributed by atoms with van der Waals surface area (Å²) in [5, 5.41) is 16.7. The van der Waals surface area contributed by atoms with Crippen molar-refractivity contribution in [2.24, 2.45) is 0 Å². The summed E-state index contributed by atoms with van der Waals surface area (Å²) in [5.41, 5.74) is 0. The van der Waals surface area contributed by atoms with E-state index in [9.17, 15) is 0 Å². The fraction of sp³-hybridized carbons (Fsp3) is 1.00. The molecule has 0 saturated carbocycles. The molecule has 2 heterocycles. The number of piperazine rings is 2. The highest BCUT2D eigenvalue weighted by Crippen LogP contribution is 1.83. The highest BCUT2D eigenvalue weighted by Gasteiger charge is 2.01. The van der Waals surface area contributed by atoms with Crippen LogP contribution in [0.15, 0.2) is 0 Å². The lowest BCUT2D eigenvalue weighted by molar-refractivity contribution is 0.291. The molecule has 0 bridgehead atoms. The van der Waals surface area contributed by atoms with Crippen molar-refractivity contribution in [2.75, 3.05) is 66.5 Å². The number of hydrogen-bond donors (Lipinski definition) is 4. The van der Waals surface area contributed by atoms with Gasteiger partial charge in [-0.05, 0) is 7.05 Å². The van der Waals surface area contributed by atoms with Crippen molar-refractivity contribution in [3.05, 3.63) is 0 Å². The third kappa shape index (κ3) is 23.3. The van der Waals surface area contributed by atoms with E-state index < -0.39 is 0 Å². The zero-order valence-corrected chi connectivity index (χ0v) is 14.1. The fourth-order valence-electron chi connectivity index (χ4n) is 1.38. The number of nitrogens with one attached hydrogen (secondary N) is 3. The average molecular weight is 278 g/mol. The predicted molar refractivity (Wildman–Crippen MR) is 86.9 cm³/mol. The molecule has 120 valence electrons. The van der Waals surface area contributed by atoms with E-state index in [1.54, 1.807) is 0 Å². The van der Waals surface area contributed by atoms with Crippen LogP contribution in [0.2, 0.25) is 0 Å². The first-order valence-corrected chi connectivity index (χ1v) is 7.65. The minimum absolute atomic E-state index is 1.00. The number of nitrogens with zero attached hydrogens (tertiary/aromatic N) is 1. The van der Waals surface area contributed by atoms with Crippen molar-refractivity contribution in [1.82, 2.24) is 20.9 Å². The average Bonchev–Trinajstić information content (AvgIpc) is 2.56. The number of hydrogen-bond acceptors (Lipinski definition) is 5. The van der Waals surface area contributed by atoms with Crippen LogP contribution in [0.3, 0.4) is 0 Å². The van der Waals surface area contributed by atoms with E-state index in [0.717, 1.165) is 46.4 Å². The Hall–Kier alpha value is -0.200. The van der Waals surface area contributed by atoms with Gasteiger partial charge in [-0.15, -0.1) is 0 Å². The third-order valence-corrected chi connectivity index (χ3v) is 2.30. The molecule has 0 amide bonds. The SMILES string of the molecule is C1CNCCN1.CC.CC.CN1CCNCC1.CO. The summed E-state index contributed by atoms with van der Waals surface area (Å²) in [6, 6.07) is 0. The molecule has 0 spiro atoms. The standard InChI is InChI=1S/C5H12N2.C4H10N2.2C2H6.CH4O/c1-7-4-2-6-3-5-7;1-2-6-4-3-5-1;3*1-2/h6H,2-5H2,1H3;5-6H,1-4H2;2*1-2H3;2H,1H3. The van der Waals surface area contributed by atoms with Gasteiger partial charge in [-0.25, -0.2) is 0 Å². The summed E-state index contributed by atoms with van der Waals surface area (Å²) >= 11 is 0. The summed E-state index contributed by atoms with van der Waals surface area (Å²) < 4.78 is 0. The molecule has 0 atom stereocenters. The minimum atomic E-state index is 1.00. The van der Waals surface area contributed by atoms with E-state index in [-0.39, 0.29) is 0 Å². The lowest BCUT2D eigenvalue weighted by Crippen LogP contribution is -2.40. The Morgan fingerprint density at radius 2 is 0.895 bits per heavy atom. The Morgan fingerprint density at radius 1 is 0.632 bits per heavy atom. The molecule has 0 aromatic heterocycles. The van der Waals surface area contributed by atoms with Crippen molar-refractivity contribution in [3.8, 4) is 0 Å². The van der Waals surface area contributed by atoms with Gasteiger partial charge in [-0.2, -0.15) is 0 Å². The molecule has 0 aromatic rings. The van der Waals surface area contributed by atoms with Crippen LogP contribution in [-0.4, -0.2) is 76.5 Å². The number of aliphatic hydroxyl groups excluding tert-OH is 1. The molecular weight excluding hydrogens is 240 g/mol. The van der Waals surface area contributed by atoms with Gasteiger partial charge in [-0.1, -0.05) is 27.7 Å². The molecule has 5 heteroatoms. The summed E-state index contributed by atoms with van der Waals surface area (Å²) in [6.07, 6.45) is 0. The lowest BCUT2D eigenvalue weighted by Gasteiger charge is -2.21. The summed E-state index contributed by atoms with van der Waals surface area (Å²) in [7, 11) is 3.15. The van der Waals surface area contributed by atoms with Crippen molar-refractivity contribution >= 4 is 0 Å². The maximum atomic E-state index is 7.00. The molecule has 5 nitrogen and oxygen atoms in total. The predicted octanol–water partition coefficient (Wildman–Crippen LogP) is 0.362. The van der Waals surface area contributed by atoms with E-state index in [4.69, 9.17) is 5.11 Å². The van der Waals surface area contributed by atoms with Gasteiger partial charge in [0.1, 0.15) is 0 Å². The molecular formula is C14H38N4O. The first kappa shape index (κ1) is 23.9. The molecule has 0 radical (unpaired) electrons. The van der Waals surface area contributed by atoms with Crippen LogP contribution in [0, 0.1) is 0 Å². The number of aliphatic hydroxyl groups is 1. The Labute approximate surface area is 121 Å². The Kier molecular flexibility index (Phi) is 33.1. The van der Waals surface area contributed by atoms with Gasteiger partial charge in [0.2, 0.25) is 0 Å². The quantitative estimate of drug-likeness (QED) is 0.515. The topological polar surface area (TPSA) is 59.6 Å². The lowest BCUT2D eigenvalue weighted by atomic mass is 10.4. The van der Waals surface area contributed by atoms with E-state index in [2.05, 4.69) is 27.9 Å². The van der Waals surface area contributed by atoms with E-state index in [0.29, 0.717) is 0 Å². The Morgan fingerprint density at radius 3 is 1.05 bits per heavy atom. The van der Waals surface area contributed by atoms with Gasteiger partial charge in [0.15, 0.2) is 0 Å². The smallest absolute Gasteiger partial charge is 0.0319 e. The Bertz CT molecular complexity index is 105. The molecule has 2 aliphatic rings. The Balaban J connectivity index is -0.000000195. The zero-order chi connectivity index (χ0) is 15.4. The molecule has 0 aromatic carbocycles. The molecule has 2 rings (SSSR count). The highest BCUT2D eigenvalue weighted by molar-refractivity contribution is 4.62. The second-order valence-electron chi connectivity index (χ2n) is 3.55. The van der Waals surface area contributed by atoms with Gasteiger partial charge in [0.25, 0.3) is 0 Å². The van der Waals surface area contributed by atoms with Crippen molar-refractivity contribution in [2.45, 2.75) is 27.7 Å². The summed E-state index contributed by atoms with van der Waals surface area (Å²) in [4.78, 5) is 2.33. The minimum Gasteiger partial charge on any atom is -0.400 e. The van der Waals surface area contributed by atoms with Gasteiger partial charge in [0, 0.05) is 59.5 Å².